The quantitative estimate of drug-likeness (QED) is 0.782. The molecule has 0 aromatic rings. The van der Waals surface area contributed by atoms with Crippen molar-refractivity contribution in [2.45, 2.75) is 39.5 Å². The van der Waals surface area contributed by atoms with Crippen LogP contribution in [0.5, 0.6) is 0 Å². The van der Waals surface area contributed by atoms with Gasteiger partial charge in [0, 0.05) is 0 Å². The third kappa shape index (κ3) is 3.99. The maximum absolute atomic E-state index is 5.88. The first kappa shape index (κ1) is 13.4. The van der Waals surface area contributed by atoms with Crippen LogP contribution in [-0.2, 0) is 0 Å². The zero-order valence-electron chi connectivity index (χ0n) is 10.5. The van der Waals surface area contributed by atoms with Gasteiger partial charge in [-0.05, 0) is 67.9 Å². The first-order valence-electron chi connectivity index (χ1n) is 6.38. The van der Waals surface area contributed by atoms with E-state index in [1.54, 1.807) is 0 Å². The van der Waals surface area contributed by atoms with Gasteiger partial charge in [0.25, 0.3) is 0 Å². The Balaban J connectivity index is 2.45. The molecule has 3 unspecified atom stereocenters. The molecule has 0 spiro atoms. The molecule has 2 heteroatoms. The lowest BCUT2D eigenvalue weighted by atomic mass is 9.70. The molecule has 1 saturated carbocycles. The molecule has 0 aliphatic heterocycles. The third-order valence-electron chi connectivity index (χ3n) is 4.12. The van der Waals surface area contributed by atoms with Crippen molar-refractivity contribution in [2.75, 3.05) is 18.6 Å². The Morgan fingerprint density at radius 3 is 2.53 bits per heavy atom. The minimum atomic E-state index is 0.812. The molecule has 0 aromatic heterocycles. The summed E-state index contributed by atoms with van der Waals surface area (Å²) in [5.74, 6) is 4.85. The lowest BCUT2D eigenvalue weighted by molar-refractivity contribution is 0.149. The molecule has 1 aliphatic carbocycles. The van der Waals surface area contributed by atoms with E-state index >= 15 is 0 Å². The second kappa shape index (κ2) is 6.80. The average Bonchev–Trinajstić information content (AvgIpc) is 2.25. The smallest absolute Gasteiger partial charge is 0.00462 e. The van der Waals surface area contributed by atoms with Crippen molar-refractivity contribution in [3.05, 3.63) is 0 Å². The first-order valence-corrected chi connectivity index (χ1v) is 7.77. The van der Waals surface area contributed by atoms with Gasteiger partial charge in [-0.25, -0.2) is 0 Å². The summed E-state index contributed by atoms with van der Waals surface area (Å²) in [4.78, 5) is 0. The molecule has 90 valence electrons. The molecule has 3 atom stereocenters. The fourth-order valence-corrected chi connectivity index (χ4v) is 3.44. The number of hydrogen-bond acceptors (Lipinski definition) is 2. The van der Waals surface area contributed by atoms with Crippen molar-refractivity contribution in [1.29, 1.82) is 0 Å². The molecular formula is C13H27NS. The lowest BCUT2D eigenvalue weighted by Crippen LogP contribution is -2.32. The molecule has 0 aromatic carbocycles. The summed E-state index contributed by atoms with van der Waals surface area (Å²) in [6.45, 7) is 5.65. The van der Waals surface area contributed by atoms with E-state index in [0.29, 0.717) is 0 Å². The summed E-state index contributed by atoms with van der Waals surface area (Å²) >= 11 is 1.98. The van der Waals surface area contributed by atoms with Gasteiger partial charge >= 0.3 is 0 Å². The van der Waals surface area contributed by atoms with Crippen LogP contribution in [-0.4, -0.2) is 18.6 Å². The van der Waals surface area contributed by atoms with E-state index < -0.39 is 0 Å². The van der Waals surface area contributed by atoms with E-state index in [1.165, 1.54) is 31.4 Å². The minimum absolute atomic E-state index is 0.812. The SMILES string of the molecule is CSCCC1CC(C(C)C)CCC1CN. The molecule has 15 heavy (non-hydrogen) atoms. The van der Waals surface area contributed by atoms with Gasteiger partial charge in [-0.1, -0.05) is 13.8 Å². The number of nitrogens with two attached hydrogens (primary N) is 1. The van der Waals surface area contributed by atoms with Crippen LogP contribution in [0.3, 0.4) is 0 Å². The van der Waals surface area contributed by atoms with Crippen LogP contribution in [0.4, 0.5) is 0 Å². The van der Waals surface area contributed by atoms with Gasteiger partial charge in [-0.3, -0.25) is 0 Å². The van der Waals surface area contributed by atoms with Crippen LogP contribution >= 0.6 is 11.8 Å². The fourth-order valence-electron chi connectivity index (χ4n) is 2.90. The number of hydrogen-bond donors (Lipinski definition) is 1. The maximum atomic E-state index is 5.88. The summed E-state index contributed by atoms with van der Waals surface area (Å²) in [6, 6.07) is 0. The van der Waals surface area contributed by atoms with Crippen molar-refractivity contribution >= 4 is 11.8 Å². The highest BCUT2D eigenvalue weighted by atomic mass is 32.2. The van der Waals surface area contributed by atoms with Gasteiger partial charge in [0.1, 0.15) is 0 Å². The Hall–Kier alpha value is 0.310. The van der Waals surface area contributed by atoms with E-state index in [2.05, 4.69) is 20.1 Å². The first-order chi connectivity index (χ1) is 7.19. The van der Waals surface area contributed by atoms with E-state index in [1.807, 2.05) is 11.8 Å². The van der Waals surface area contributed by atoms with Crippen LogP contribution in [0.25, 0.3) is 0 Å². The van der Waals surface area contributed by atoms with E-state index in [4.69, 9.17) is 5.73 Å². The van der Waals surface area contributed by atoms with Crippen LogP contribution < -0.4 is 5.73 Å². The van der Waals surface area contributed by atoms with Gasteiger partial charge in [-0.2, -0.15) is 11.8 Å². The highest BCUT2D eigenvalue weighted by Gasteiger charge is 2.30. The molecule has 0 saturated heterocycles. The highest BCUT2D eigenvalue weighted by Crippen LogP contribution is 2.39. The highest BCUT2D eigenvalue weighted by molar-refractivity contribution is 7.98. The van der Waals surface area contributed by atoms with Crippen molar-refractivity contribution in [1.82, 2.24) is 0 Å². The van der Waals surface area contributed by atoms with Gasteiger partial charge < -0.3 is 5.73 Å². The molecule has 0 heterocycles. The molecule has 1 nitrogen and oxygen atoms in total. The summed E-state index contributed by atoms with van der Waals surface area (Å²) < 4.78 is 0. The van der Waals surface area contributed by atoms with Gasteiger partial charge in [-0.15, -0.1) is 0 Å². The van der Waals surface area contributed by atoms with E-state index in [-0.39, 0.29) is 0 Å². The normalized spacial score (nSPS) is 32.2. The van der Waals surface area contributed by atoms with Crippen LogP contribution in [0.2, 0.25) is 0 Å². The largest absolute Gasteiger partial charge is 0.330 e. The zero-order chi connectivity index (χ0) is 11.3. The monoisotopic (exact) mass is 229 g/mol. The predicted octanol–water partition coefficient (Wildman–Crippen LogP) is 3.39. The van der Waals surface area contributed by atoms with E-state index in [0.717, 1.165) is 30.2 Å². The molecule has 2 N–H and O–H groups in total. The van der Waals surface area contributed by atoms with Gasteiger partial charge in [0.15, 0.2) is 0 Å². The predicted molar refractivity (Wildman–Crippen MR) is 71.2 cm³/mol. The van der Waals surface area contributed by atoms with Crippen LogP contribution in [0, 0.1) is 23.7 Å². The molecule has 0 bridgehead atoms. The zero-order valence-corrected chi connectivity index (χ0v) is 11.4. The van der Waals surface area contributed by atoms with E-state index in [9.17, 15) is 0 Å². The Bertz CT molecular complexity index is 170. The Labute approximate surface area is 99.6 Å². The lowest BCUT2D eigenvalue weighted by Gasteiger charge is -2.37. The van der Waals surface area contributed by atoms with Crippen molar-refractivity contribution in [3.63, 3.8) is 0 Å². The Kier molecular flexibility index (Phi) is 6.06. The van der Waals surface area contributed by atoms with Crippen molar-refractivity contribution in [3.8, 4) is 0 Å². The number of thioether (sulfide) groups is 1. The standard InChI is InChI=1S/C13H27NS/c1-10(2)11-4-5-13(9-14)12(8-11)6-7-15-3/h10-13H,4-9,14H2,1-3H3. The van der Waals surface area contributed by atoms with Gasteiger partial charge in [0.2, 0.25) is 0 Å². The second-order valence-electron chi connectivity index (χ2n) is 5.35. The molecule has 1 fully saturated rings. The molecule has 1 rings (SSSR count). The van der Waals surface area contributed by atoms with Crippen molar-refractivity contribution in [2.24, 2.45) is 29.4 Å². The van der Waals surface area contributed by atoms with Crippen molar-refractivity contribution < 1.29 is 0 Å². The Morgan fingerprint density at radius 1 is 1.27 bits per heavy atom. The van der Waals surface area contributed by atoms with Crippen LogP contribution in [0.1, 0.15) is 39.5 Å². The number of rotatable bonds is 5. The van der Waals surface area contributed by atoms with Crippen LogP contribution in [0.15, 0.2) is 0 Å². The molecule has 0 amide bonds. The summed E-state index contributed by atoms with van der Waals surface area (Å²) in [6.07, 6.45) is 7.81. The Morgan fingerprint density at radius 2 is 2.00 bits per heavy atom. The average molecular weight is 229 g/mol. The maximum Gasteiger partial charge on any atom is -0.00462 e. The summed E-state index contributed by atoms with van der Waals surface area (Å²) in [7, 11) is 0. The topological polar surface area (TPSA) is 26.0 Å². The molecule has 0 radical (unpaired) electrons. The molecular weight excluding hydrogens is 202 g/mol. The second-order valence-corrected chi connectivity index (χ2v) is 6.34. The fraction of sp³-hybridized carbons (Fsp3) is 1.00. The minimum Gasteiger partial charge on any atom is -0.330 e. The summed E-state index contributed by atoms with van der Waals surface area (Å²) in [5.41, 5.74) is 5.88. The van der Waals surface area contributed by atoms with Gasteiger partial charge in [0.05, 0.1) is 0 Å². The summed E-state index contributed by atoms with van der Waals surface area (Å²) in [5, 5.41) is 0. The third-order valence-corrected chi connectivity index (χ3v) is 4.76. The molecule has 1 aliphatic rings.